The minimum absolute atomic E-state index is 0.0346. The summed E-state index contributed by atoms with van der Waals surface area (Å²) in [7, 11) is -2.19. The minimum Gasteiger partial charge on any atom is -0.207 e. The second-order valence-electron chi connectivity index (χ2n) is 6.35. The molecule has 5 heteroatoms. The van der Waals surface area contributed by atoms with Crippen molar-refractivity contribution in [3.8, 4) is 0 Å². The van der Waals surface area contributed by atoms with Crippen LogP contribution in [0.15, 0.2) is 29.2 Å². The zero-order valence-corrected chi connectivity index (χ0v) is 13.1. The average molecular weight is 299 g/mol. The maximum Gasteiger partial charge on any atom is 0.245 e. The first-order valence-electron chi connectivity index (χ1n) is 6.97. The predicted molar refractivity (Wildman–Crippen MR) is 77.4 cm³/mol. The highest BCUT2D eigenvalue weighted by molar-refractivity contribution is 7.89. The van der Waals surface area contributed by atoms with Gasteiger partial charge in [-0.15, -0.1) is 0 Å². The lowest BCUT2D eigenvalue weighted by atomic mass is 9.76. The number of halogens is 1. The topological polar surface area (TPSA) is 37.4 Å². The van der Waals surface area contributed by atoms with Crippen molar-refractivity contribution in [3.05, 3.63) is 30.1 Å². The van der Waals surface area contributed by atoms with Crippen LogP contribution in [0.4, 0.5) is 4.39 Å². The lowest BCUT2D eigenvalue weighted by Gasteiger charge is -2.38. The number of sulfonamides is 1. The lowest BCUT2D eigenvalue weighted by Crippen LogP contribution is -2.41. The van der Waals surface area contributed by atoms with Gasteiger partial charge in [-0.1, -0.05) is 26.0 Å². The van der Waals surface area contributed by atoms with E-state index in [1.165, 1.54) is 22.5 Å². The van der Waals surface area contributed by atoms with Crippen molar-refractivity contribution in [2.24, 2.45) is 5.41 Å². The van der Waals surface area contributed by atoms with Crippen molar-refractivity contribution >= 4 is 10.0 Å². The number of rotatable bonds is 3. The first-order chi connectivity index (χ1) is 9.24. The Labute approximate surface area is 120 Å². The molecule has 1 aromatic carbocycles. The SMILES string of the molecule is CN(C1CCC(C)(C)CC1)S(=O)(=O)c1ccccc1F. The maximum absolute atomic E-state index is 13.7. The van der Waals surface area contributed by atoms with Gasteiger partial charge in [0.15, 0.2) is 0 Å². The van der Waals surface area contributed by atoms with Crippen LogP contribution in [0, 0.1) is 11.2 Å². The fourth-order valence-electron chi connectivity index (χ4n) is 2.75. The van der Waals surface area contributed by atoms with Crippen molar-refractivity contribution in [2.75, 3.05) is 7.05 Å². The standard InChI is InChI=1S/C15H22FNO2S/c1-15(2)10-8-12(9-11-15)17(3)20(18,19)14-7-5-4-6-13(14)16/h4-7,12H,8-11H2,1-3H3. The molecule has 0 aliphatic heterocycles. The molecule has 112 valence electrons. The normalized spacial score (nSPS) is 20.2. The van der Waals surface area contributed by atoms with Gasteiger partial charge in [0, 0.05) is 13.1 Å². The molecular weight excluding hydrogens is 277 g/mol. The van der Waals surface area contributed by atoms with Gasteiger partial charge in [-0.2, -0.15) is 4.31 Å². The van der Waals surface area contributed by atoms with Crippen molar-refractivity contribution in [3.63, 3.8) is 0 Å². The van der Waals surface area contributed by atoms with Crippen LogP contribution in [0.25, 0.3) is 0 Å². The van der Waals surface area contributed by atoms with E-state index in [1.54, 1.807) is 13.1 Å². The van der Waals surface area contributed by atoms with E-state index in [-0.39, 0.29) is 16.4 Å². The smallest absolute Gasteiger partial charge is 0.207 e. The summed E-state index contributed by atoms with van der Waals surface area (Å²) in [6, 6.07) is 5.52. The van der Waals surface area contributed by atoms with Gasteiger partial charge >= 0.3 is 0 Å². The summed E-state index contributed by atoms with van der Waals surface area (Å²) < 4.78 is 40.1. The largest absolute Gasteiger partial charge is 0.245 e. The van der Waals surface area contributed by atoms with E-state index < -0.39 is 15.8 Å². The molecule has 0 saturated heterocycles. The Hall–Kier alpha value is -0.940. The molecule has 0 aromatic heterocycles. The van der Waals surface area contributed by atoms with E-state index in [2.05, 4.69) is 13.8 Å². The molecule has 1 aliphatic rings. The zero-order valence-electron chi connectivity index (χ0n) is 12.3. The summed E-state index contributed by atoms with van der Waals surface area (Å²) in [5.41, 5.74) is 0.277. The highest BCUT2D eigenvalue weighted by Gasteiger charge is 2.34. The van der Waals surface area contributed by atoms with Crippen LogP contribution in [-0.4, -0.2) is 25.8 Å². The van der Waals surface area contributed by atoms with Gasteiger partial charge in [-0.3, -0.25) is 0 Å². The van der Waals surface area contributed by atoms with Crippen LogP contribution in [0.5, 0.6) is 0 Å². The molecular formula is C15H22FNO2S. The van der Waals surface area contributed by atoms with Gasteiger partial charge < -0.3 is 0 Å². The Morgan fingerprint density at radius 1 is 1.20 bits per heavy atom. The maximum atomic E-state index is 13.7. The van der Waals surface area contributed by atoms with Crippen LogP contribution in [-0.2, 0) is 10.0 Å². The minimum atomic E-state index is -3.75. The molecule has 0 heterocycles. The van der Waals surface area contributed by atoms with E-state index in [1.807, 2.05) is 0 Å². The lowest BCUT2D eigenvalue weighted by molar-refractivity contribution is 0.174. The van der Waals surface area contributed by atoms with Gasteiger partial charge in [0.2, 0.25) is 10.0 Å². The van der Waals surface area contributed by atoms with Crippen LogP contribution in [0.2, 0.25) is 0 Å². The number of hydrogen-bond donors (Lipinski definition) is 0. The third-order valence-corrected chi connectivity index (χ3v) is 6.26. The summed E-state index contributed by atoms with van der Waals surface area (Å²) in [6.45, 7) is 4.41. The van der Waals surface area contributed by atoms with Crippen LogP contribution in [0.1, 0.15) is 39.5 Å². The van der Waals surface area contributed by atoms with Gasteiger partial charge in [0.1, 0.15) is 10.7 Å². The summed E-state index contributed by atoms with van der Waals surface area (Å²) in [5.74, 6) is -0.685. The van der Waals surface area contributed by atoms with E-state index in [0.29, 0.717) is 0 Å². The molecule has 0 radical (unpaired) electrons. The fraction of sp³-hybridized carbons (Fsp3) is 0.600. The Kier molecular flexibility index (Phi) is 4.21. The molecule has 1 fully saturated rings. The summed E-state index contributed by atoms with van der Waals surface area (Å²) in [6.07, 6.45) is 3.65. The van der Waals surface area contributed by atoms with E-state index in [4.69, 9.17) is 0 Å². The van der Waals surface area contributed by atoms with Gasteiger partial charge in [0.05, 0.1) is 0 Å². The van der Waals surface area contributed by atoms with Gasteiger partial charge in [-0.05, 0) is 43.2 Å². The van der Waals surface area contributed by atoms with Crippen molar-refractivity contribution in [2.45, 2.75) is 50.5 Å². The molecule has 0 N–H and O–H groups in total. The first-order valence-corrected chi connectivity index (χ1v) is 8.41. The molecule has 2 rings (SSSR count). The van der Waals surface area contributed by atoms with Crippen LogP contribution >= 0.6 is 0 Å². The highest BCUT2D eigenvalue weighted by atomic mass is 32.2. The Morgan fingerprint density at radius 2 is 1.75 bits per heavy atom. The summed E-state index contributed by atoms with van der Waals surface area (Å²) in [4.78, 5) is -0.229. The average Bonchev–Trinajstić information content (AvgIpc) is 2.38. The van der Waals surface area contributed by atoms with Crippen LogP contribution < -0.4 is 0 Å². The number of hydrogen-bond acceptors (Lipinski definition) is 2. The quantitative estimate of drug-likeness (QED) is 0.857. The third kappa shape index (κ3) is 3.04. The molecule has 20 heavy (non-hydrogen) atoms. The van der Waals surface area contributed by atoms with Crippen LogP contribution in [0.3, 0.4) is 0 Å². The molecule has 1 aromatic rings. The monoisotopic (exact) mass is 299 g/mol. The van der Waals surface area contributed by atoms with Crippen molar-refractivity contribution in [1.29, 1.82) is 0 Å². The molecule has 0 bridgehead atoms. The predicted octanol–water partition coefficient (Wildman–Crippen LogP) is 3.42. The Balaban J connectivity index is 2.21. The number of benzene rings is 1. The zero-order chi connectivity index (χ0) is 15.0. The van der Waals surface area contributed by atoms with Crippen molar-refractivity contribution < 1.29 is 12.8 Å². The van der Waals surface area contributed by atoms with E-state index in [0.717, 1.165) is 25.7 Å². The Morgan fingerprint density at radius 3 is 2.30 bits per heavy atom. The number of nitrogens with zero attached hydrogens (tertiary/aromatic N) is 1. The molecule has 0 unspecified atom stereocenters. The van der Waals surface area contributed by atoms with Gasteiger partial charge in [0.25, 0.3) is 0 Å². The summed E-state index contributed by atoms with van der Waals surface area (Å²) in [5, 5.41) is 0. The van der Waals surface area contributed by atoms with Gasteiger partial charge in [-0.25, -0.2) is 12.8 Å². The molecule has 0 spiro atoms. The van der Waals surface area contributed by atoms with E-state index >= 15 is 0 Å². The second kappa shape index (κ2) is 5.45. The molecule has 1 saturated carbocycles. The van der Waals surface area contributed by atoms with E-state index in [9.17, 15) is 12.8 Å². The highest BCUT2D eigenvalue weighted by Crippen LogP contribution is 2.37. The third-order valence-electron chi connectivity index (χ3n) is 4.32. The molecule has 0 amide bonds. The molecule has 1 aliphatic carbocycles. The first kappa shape index (κ1) is 15.4. The summed E-state index contributed by atoms with van der Waals surface area (Å²) >= 11 is 0. The second-order valence-corrected chi connectivity index (χ2v) is 8.31. The molecule has 3 nitrogen and oxygen atoms in total. The van der Waals surface area contributed by atoms with Crippen molar-refractivity contribution in [1.82, 2.24) is 4.31 Å². The fourth-order valence-corrected chi connectivity index (χ4v) is 4.23. The molecule has 0 atom stereocenters. The Bertz CT molecular complexity index is 573.